The topological polar surface area (TPSA) is 70.9 Å². The molecule has 1 aliphatic heterocycles. The third-order valence-electron chi connectivity index (χ3n) is 3.44. The molecule has 0 aromatic heterocycles. The van der Waals surface area contributed by atoms with Crippen LogP contribution in [0.25, 0.3) is 0 Å². The summed E-state index contributed by atoms with van der Waals surface area (Å²) < 4.78 is 6.25. The zero-order valence-corrected chi connectivity index (χ0v) is 14.7. The second kappa shape index (κ2) is 7.44. The Morgan fingerprint density at radius 2 is 2.32 bits per heavy atom. The van der Waals surface area contributed by atoms with Gasteiger partial charge in [0.15, 0.2) is 5.75 Å². The first kappa shape index (κ1) is 17.2. The fraction of sp³-hybridized carbons (Fsp3) is 0.467. The zero-order chi connectivity index (χ0) is 16.3. The number of ether oxygens (including phenoxy) is 1. The summed E-state index contributed by atoms with van der Waals surface area (Å²) in [5.41, 5.74) is 4.10. The zero-order valence-electron chi connectivity index (χ0n) is 12.4. The van der Waals surface area contributed by atoms with E-state index in [0.29, 0.717) is 28.1 Å². The quantitative estimate of drug-likeness (QED) is 0.813. The molecule has 2 unspecified atom stereocenters. The van der Waals surface area contributed by atoms with Gasteiger partial charge < -0.3 is 9.84 Å². The van der Waals surface area contributed by atoms with Gasteiger partial charge in [-0.2, -0.15) is 5.10 Å². The molecule has 1 aromatic carbocycles. The molecule has 0 aliphatic carbocycles. The van der Waals surface area contributed by atoms with E-state index < -0.39 is 6.10 Å². The van der Waals surface area contributed by atoms with Crippen molar-refractivity contribution in [3.8, 4) is 5.75 Å². The van der Waals surface area contributed by atoms with Crippen molar-refractivity contribution in [2.24, 2.45) is 11.0 Å². The number of benzene rings is 1. The largest absolute Gasteiger partial charge is 0.488 e. The fourth-order valence-electron chi connectivity index (χ4n) is 2.15. The van der Waals surface area contributed by atoms with Crippen LogP contribution in [0.4, 0.5) is 0 Å². The summed E-state index contributed by atoms with van der Waals surface area (Å²) in [6.45, 7) is 4.01. The summed E-state index contributed by atoms with van der Waals surface area (Å²) in [6, 6.07) is 3.61. The summed E-state index contributed by atoms with van der Waals surface area (Å²) in [4.78, 5) is 11.3. The maximum Gasteiger partial charge on any atom is 0.240 e. The number of nitrogens with one attached hydrogen (secondary N) is 1. The number of carbonyl (C=O) groups is 1. The summed E-state index contributed by atoms with van der Waals surface area (Å²) >= 11 is 9.71. The number of carbonyl (C=O) groups excluding carboxylic acids is 1. The van der Waals surface area contributed by atoms with Crippen molar-refractivity contribution in [3.05, 3.63) is 27.2 Å². The molecule has 2 rings (SSSR count). The van der Waals surface area contributed by atoms with Crippen LogP contribution in [0.1, 0.15) is 32.3 Å². The van der Waals surface area contributed by atoms with Gasteiger partial charge in [-0.25, -0.2) is 5.43 Å². The lowest BCUT2D eigenvalue weighted by atomic mass is 9.94. The average molecular weight is 390 g/mol. The molecule has 0 saturated heterocycles. The summed E-state index contributed by atoms with van der Waals surface area (Å²) in [5, 5.41) is 14.1. The van der Waals surface area contributed by atoms with E-state index in [-0.39, 0.29) is 18.4 Å². The number of aliphatic hydroxyl groups is 1. The number of halogens is 2. The van der Waals surface area contributed by atoms with Crippen LogP contribution in [0.5, 0.6) is 5.75 Å². The summed E-state index contributed by atoms with van der Waals surface area (Å²) in [6.07, 6.45) is 0.483. The van der Waals surface area contributed by atoms with Crippen LogP contribution in [0.3, 0.4) is 0 Å². The lowest BCUT2D eigenvalue weighted by molar-refractivity contribution is -0.121. The third kappa shape index (κ3) is 4.00. The summed E-state index contributed by atoms with van der Waals surface area (Å²) in [7, 11) is 0. The van der Waals surface area contributed by atoms with Gasteiger partial charge in [-0.3, -0.25) is 4.79 Å². The van der Waals surface area contributed by atoms with Gasteiger partial charge in [-0.1, -0.05) is 25.4 Å². The molecule has 1 aliphatic rings. The number of rotatable bonds is 5. The smallest absolute Gasteiger partial charge is 0.240 e. The highest BCUT2D eigenvalue weighted by atomic mass is 79.9. The maximum absolute atomic E-state index is 11.3. The first-order chi connectivity index (χ1) is 10.4. The predicted molar refractivity (Wildman–Crippen MR) is 89.4 cm³/mol. The Balaban J connectivity index is 2.24. The molecule has 0 bridgehead atoms. The van der Waals surface area contributed by atoms with Crippen LogP contribution in [0.2, 0.25) is 5.02 Å². The number of amides is 1. The van der Waals surface area contributed by atoms with Gasteiger partial charge in [0.1, 0.15) is 6.61 Å². The first-order valence-corrected chi connectivity index (χ1v) is 8.26. The van der Waals surface area contributed by atoms with Crippen LogP contribution in [-0.2, 0) is 4.79 Å². The highest BCUT2D eigenvalue weighted by Crippen LogP contribution is 2.35. The Labute approximate surface area is 142 Å². The van der Waals surface area contributed by atoms with Gasteiger partial charge in [0.2, 0.25) is 5.91 Å². The van der Waals surface area contributed by atoms with Crippen molar-refractivity contribution in [2.45, 2.75) is 32.8 Å². The van der Waals surface area contributed by atoms with Crippen molar-refractivity contribution < 1.29 is 14.6 Å². The van der Waals surface area contributed by atoms with Crippen LogP contribution >= 0.6 is 27.5 Å². The predicted octanol–water partition coefficient (Wildman–Crippen LogP) is 3.11. The average Bonchev–Trinajstić information content (AvgIpc) is 2.45. The molecule has 0 radical (unpaired) electrons. The molecule has 1 amide bonds. The second-order valence-electron chi connectivity index (χ2n) is 5.28. The fourth-order valence-corrected chi connectivity index (χ4v) is 3.11. The van der Waals surface area contributed by atoms with E-state index >= 15 is 0 Å². The molecule has 1 heterocycles. The first-order valence-electron chi connectivity index (χ1n) is 7.09. The minimum atomic E-state index is -0.527. The molecule has 1 aromatic rings. The minimum Gasteiger partial charge on any atom is -0.488 e. The van der Waals surface area contributed by atoms with Gasteiger partial charge >= 0.3 is 0 Å². The van der Waals surface area contributed by atoms with Crippen molar-refractivity contribution in [3.63, 3.8) is 0 Å². The monoisotopic (exact) mass is 388 g/mol. The molecule has 2 atom stereocenters. The van der Waals surface area contributed by atoms with E-state index in [9.17, 15) is 9.90 Å². The summed E-state index contributed by atoms with van der Waals surface area (Å²) in [5.74, 6) is 0.423. The van der Waals surface area contributed by atoms with E-state index in [1.807, 2.05) is 19.9 Å². The van der Waals surface area contributed by atoms with Crippen molar-refractivity contribution >= 4 is 39.1 Å². The van der Waals surface area contributed by atoms with Crippen LogP contribution < -0.4 is 10.2 Å². The lowest BCUT2D eigenvalue weighted by Gasteiger charge is -2.20. The normalized spacial score (nSPS) is 19.4. The van der Waals surface area contributed by atoms with Gasteiger partial charge in [0.05, 0.1) is 21.3 Å². The molecule has 0 saturated carbocycles. The van der Waals surface area contributed by atoms with Gasteiger partial charge in [0.25, 0.3) is 0 Å². The number of nitrogens with zero attached hydrogens (tertiary/aromatic N) is 1. The SMILES string of the molecule is CCC(O)COc1c(Cl)cc(C2=NNC(=O)CC2C)cc1Br. The van der Waals surface area contributed by atoms with Crippen LogP contribution in [0.15, 0.2) is 21.7 Å². The molecule has 0 spiro atoms. The Bertz CT molecular complexity index is 583. The van der Waals surface area contributed by atoms with E-state index in [4.69, 9.17) is 16.3 Å². The molecule has 0 fully saturated rings. The van der Waals surface area contributed by atoms with E-state index in [1.165, 1.54) is 0 Å². The van der Waals surface area contributed by atoms with Gasteiger partial charge in [-0.15, -0.1) is 0 Å². The number of hydrogen-bond donors (Lipinski definition) is 2. The van der Waals surface area contributed by atoms with Crippen LogP contribution in [-0.4, -0.2) is 29.4 Å². The Kier molecular flexibility index (Phi) is 5.83. The molecule has 7 heteroatoms. The van der Waals surface area contributed by atoms with Crippen molar-refractivity contribution in [1.29, 1.82) is 0 Å². The second-order valence-corrected chi connectivity index (χ2v) is 6.54. The Morgan fingerprint density at radius 1 is 1.59 bits per heavy atom. The Hall–Kier alpha value is -1.11. The van der Waals surface area contributed by atoms with Crippen molar-refractivity contribution in [1.82, 2.24) is 5.43 Å². The van der Waals surface area contributed by atoms with E-state index in [0.717, 1.165) is 11.3 Å². The van der Waals surface area contributed by atoms with Gasteiger partial charge in [-0.05, 0) is 34.5 Å². The third-order valence-corrected chi connectivity index (χ3v) is 4.31. The Morgan fingerprint density at radius 3 is 2.91 bits per heavy atom. The highest BCUT2D eigenvalue weighted by Gasteiger charge is 2.23. The van der Waals surface area contributed by atoms with Crippen molar-refractivity contribution in [2.75, 3.05) is 6.61 Å². The maximum atomic E-state index is 11.3. The number of hydrazone groups is 1. The molecular formula is C15H18BrClN2O3. The van der Waals surface area contributed by atoms with E-state index in [2.05, 4.69) is 26.5 Å². The lowest BCUT2D eigenvalue weighted by Crippen LogP contribution is -2.32. The number of aliphatic hydroxyl groups excluding tert-OH is 1. The van der Waals surface area contributed by atoms with Gasteiger partial charge in [0, 0.05) is 17.9 Å². The minimum absolute atomic E-state index is 0.0189. The standard InChI is InChI=1S/C15H18BrClN2O3/c1-3-10(20)7-22-15-11(16)5-9(6-12(15)17)14-8(2)4-13(21)18-19-14/h5-6,8,10,20H,3-4,7H2,1-2H3,(H,18,21). The highest BCUT2D eigenvalue weighted by molar-refractivity contribution is 9.10. The molecular weight excluding hydrogens is 372 g/mol. The van der Waals surface area contributed by atoms with Crippen LogP contribution in [0, 0.1) is 5.92 Å². The van der Waals surface area contributed by atoms with E-state index in [1.54, 1.807) is 6.07 Å². The molecule has 5 nitrogen and oxygen atoms in total. The molecule has 120 valence electrons. The number of hydrogen-bond acceptors (Lipinski definition) is 4. The molecule has 22 heavy (non-hydrogen) atoms. The molecule has 2 N–H and O–H groups in total.